The second-order valence-corrected chi connectivity index (χ2v) is 3.95. The largest absolute Gasteiger partial charge is 0.339 e. The number of hydrogen-bond donors (Lipinski definition) is 1. The first-order valence-electron chi connectivity index (χ1n) is 4.87. The molecule has 1 aliphatic carbocycles. The third-order valence-electron chi connectivity index (χ3n) is 2.87. The highest BCUT2D eigenvalue weighted by Gasteiger charge is 2.40. The summed E-state index contributed by atoms with van der Waals surface area (Å²) in [6, 6.07) is 0.499. The van der Waals surface area contributed by atoms with Gasteiger partial charge in [-0.3, -0.25) is 4.79 Å². The maximum absolute atomic E-state index is 11.6. The van der Waals surface area contributed by atoms with Gasteiger partial charge in [0.25, 0.3) is 0 Å². The first-order valence-corrected chi connectivity index (χ1v) is 4.87. The van der Waals surface area contributed by atoms with E-state index in [9.17, 15) is 4.79 Å². The van der Waals surface area contributed by atoms with Crippen molar-refractivity contribution in [3.05, 3.63) is 5.82 Å². The molecule has 0 radical (unpaired) electrons. The standard InChI is InChI=1S/C8H11N5O/c14-7-3-5(8-9-11-12-10-8)4-13(7)6-1-2-6/h5-6H,1-4H2,(H,9,10,11,12). The number of nitrogens with zero attached hydrogens (tertiary/aromatic N) is 4. The zero-order valence-corrected chi connectivity index (χ0v) is 7.68. The predicted octanol–water partition coefficient (Wildman–Crippen LogP) is -0.322. The van der Waals surface area contributed by atoms with Crippen molar-refractivity contribution in [1.29, 1.82) is 0 Å². The molecule has 3 rings (SSSR count). The quantitative estimate of drug-likeness (QED) is 0.698. The van der Waals surface area contributed by atoms with Crippen LogP contribution >= 0.6 is 0 Å². The third-order valence-corrected chi connectivity index (χ3v) is 2.87. The van der Waals surface area contributed by atoms with E-state index in [1.807, 2.05) is 4.90 Å². The molecule has 2 heterocycles. The van der Waals surface area contributed by atoms with Crippen LogP contribution in [0.15, 0.2) is 0 Å². The van der Waals surface area contributed by atoms with Crippen LogP contribution in [0.3, 0.4) is 0 Å². The Balaban J connectivity index is 1.76. The number of aromatic nitrogens is 4. The number of carbonyl (C=O) groups is 1. The topological polar surface area (TPSA) is 74.8 Å². The smallest absolute Gasteiger partial charge is 0.223 e. The van der Waals surface area contributed by atoms with Crippen molar-refractivity contribution in [3.8, 4) is 0 Å². The Hall–Kier alpha value is -1.46. The minimum atomic E-state index is 0.141. The summed E-state index contributed by atoms with van der Waals surface area (Å²) in [5, 5.41) is 13.8. The number of amides is 1. The van der Waals surface area contributed by atoms with Crippen LogP contribution in [-0.4, -0.2) is 44.0 Å². The van der Waals surface area contributed by atoms with Crippen molar-refractivity contribution < 1.29 is 4.79 Å². The molecule has 1 unspecified atom stereocenters. The van der Waals surface area contributed by atoms with Gasteiger partial charge in [-0.1, -0.05) is 5.21 Å². The molecule has 6 heteroatoms. The molecular weight excluding hydrogens is 182 g/mol. The van der Waals surface area contributed by atoms with E-state index < -0.39 is 0 Å². The van der Waals surface area contributed by atoms with Gasteiger partial charge in [0.2, 0.25) is 5.91 Å². The van der Waals surface area contributed by atoms with Gasteiger partial charge in [-0.15, -0.1) is 10.2 Å². The molecule has 1 aromatic heterocycles. The Morgan fingerprint density at radius 2 is 2.29 bits per heavy atom. The first kappa shape index (κ1) is 7.90. The summed E-state index contributed by atoms with van der Waals surface area (Å²) in [5.74, 6) is 1.05. The summed E-state index contributed by atoms with van der Waals surface area (Å²) in [6.45, 7) is 0.767. The van der Waals surface area contributed by atoms with Gasteiger partial charge in [0.1, 0.15) is 0 Å². The lowest BCUT2D eigenvalue weighted by Gasteiger charge is -2.13. The van der Waals surface area contributed by atoms with E-state index in [1.165, 1.54) is 0 Å². The summed E-state index contributed by atoms with van der Waals surface area (Å²) in [7, 11) is 0. The lowest BCUT2D eigenvalue weighted by molar-refractivity contribution is -0.128. The van der Waals surface area contributed by atoms with Gasteiger partial charge in [0, 0.05) is 24.9 Å². The van der Waals surface area contributed by atoms with Crippen LogP contribution in [0.1, 0.15) is 31.0 Å². The van der Waals surface area contributed by atoms with E-state index in [-0.39, 0.29) is 11.8 Å². The van der Waals surface area contributed by atoms with Crippen LogP contribution in [0, 0.1) is 0 Å². The molecule has 1 atom stereocenters. The van der Waals surface area contributed by atoms with E-state index >= 15 is 0 Å². The Kier molecular flexibility index (Phi) is 1.56. The number of nitrogens with one attached hydrogen (secondary N) is 1. The lowest BCUT2D eigenvalue weighted by Crippen LogP contribution is -2.27. The van der Waals surface area contributed by atoms with E-state index in [4.69, 9.17) is 0 Å². The molecule has 1 saturated heterocycles. The number of rotatable bonds is 2. The summed E-state index contributed by atoms with van der Waals surface area (Å²) in [5.41, 5.74) is 0. The summed E-state index contributed by atoms with van der Waals surface area (Å²) >= 11 is 0. The number of likely N-dealkylation sites (tertiary alicyclic amines) is 1. The van der Waals surface area contributed by atoms with Crippen LogP contribution < -0.4 is 0 Å². The van der Waals surface area contributed by atoms with Crippen LogP contribution in [-0.2, 0) is 4.79 Å². The molecule has 6 nitrogen and oxygen atoms in total. The minimum absolute atomic E-state index is 0.141. The Labute approximate surface area is 80.7 Å². The molecule has 0 bridgehead atoms. The summed E-state index contributed by atoms with van der Waals surface area (Å²) in [4.78, 5) is 13.6. The van der Waals surface area contributed by atoms with Crippen molar-refractivity contribution in [1.82, 2.24) is 25.5 Å². The van der Waals surface area contributed by atoms with Crippen LogP contribution in [0.25, 0.3) is 0 Å². The van der Waals surface area contributed by atoms with E-state index in [0.29, 0.717) is 18.3 Å². The summed E-state index contributed by atoms with van der Waals surface area (Å²) in [6.07, 6.45) is 2.85. The fraction of sp³-hybridized carbons (Fsp3) is 0.750. The van der Waals surface area contributed by atoms with Crippen LogP contribution in [0.2, 0.25) is 0 Å². The van der Waals surface area contributed by atoms with Gasteiger partial charge >= 0.3 is 0 Å². The zero-order chi connectivity index (χ0) is 9.54. The van der Waals surface area contributed by atoms with Crippen molar-refractivity contribution >= 4 is 5.91 Å². The van der Waals surface area contributed by atoms with E-state index in [0.717, 1.165) is 19.4 Å². The molecule has 0 aromatic carbocycles. The molecule has 1 amide bonds. The van der Waals surface area contributed by atoms with Crippen molar-refractivity contribution in [2.45, 2.75) is 31.2 Å². The van der Waals surface area contributed by atoms with Gasteiger partial charge in [0.15, 0.2) is 5.82 Å². The molecular formula is C8H11N5O. The normalized spacial score (nSPS) is 27.3. The molecule has 74 valence electrons. The highest BCUT2D eigenvalue weighted by molar-refractivity contribution is 5.80. The van der Waals surface area contributed by atoms with Gasteiger partial charge in [-0.25, -0.2) is 0 Å². The second kappa shape index (κ2) is 2.76. The third kappa shape index (κ3) is 1.18. The van der Waals surface area contributed by atoms with Gasteiger partial charge < -0.3 is 4.90 Å². The first-order chi connectivity index (χ1) is 6.84. The van der Waals surface area contributed by atoms with Crippen molar-refractivity contribution in [3.63, 3.8) is 0 Å². The maximum atomic E-state index is 11.6. The Bertz CT molecular complexity index is 345. The number of carbonyl (C=O) groups excluding carboxylic acids is 1. The zero-order valence-electron chi connectivity index (χ0n) is 7.68. The van der Waals surface area contributed by atoms with Crippen molar-refractivity contribution in [2.75, 3.05) is 6.54 Å². The molecule has 1 N–H and O–H groups in total. The Morgan fingerprint density at radius 1 is 1.43 bits per heavy atom. The van der Waals surface area contributed by atoms with Gasteiger partial charge in [-0.05, 0) is 12.8 Å². The van der Waals surface area contributed by atoms with Gasteiger partial charge in [-0.2, -0.15) is 5.21 Å². The highest BCUT2D eigenvalue weighted by Crippen LogP contribution is 2.35. The number of H-pyrrole nitrogens is 1. The average Bonchev–Trinajstić information content (AvgIpc) is 2.75. The predicted molar refractivity (Wildman–Crippen MR) is 46.3 cm³/mol. The van der Waals surface area contributed by atoms with Crippen molar-refractivity contribution in [2.24, 2.45) is 0 Å². The maximum Gasteiger partial charge on any atom is 0.223 e. The monoisotopic (exact) mass is 193 g/mol. The minimum Gasteiger partial charge on any atom is -0.339 e. The Morgan fingerprint density at radius 3 is 2.93 bits per heavy atom. The fourth-order valence-electron chi connectivity index (χ4n) is 1.99. The van der Waals surface area contributed by atoms with E-state index in [1.54, 1.807) is 0 Å². The average molecular weight is 193 g/mol. The highest BCUT2D eigenvalue weighted by atomic mass is 16.2. The molecule has 0 spiro atoms. The van der Waals surface area contributed by atoms with Crippen LogP contribution in [0.5, 0.6) is 0 Å². The SMILES string of the molecule is O=C1CC(c2nn[nH]n2)CN1C1CC1. The summed E-state index contributed by atoms with van der Waals surface area (Å²) < 4.78 is 0. The van der Waals surface area contributed by atoms with Gasteiger partial charge in [0.05, 0.1) is 0 Å². The molecule has 1 aliphatic heterocycles. The number of aromatic amines is 1. The number of hydrogen-bond acceptors (Lipinski definition) is 4. The molecule has 14 heavy (non-hydrogen) atoms. The molecule has 2 aliphatic rings. The fourth-order valence-corrected chi connectivity index (χ4v) is 1.99. The second-order valence-electron chi connectivity index (χ2n) is 3.95. The molecule has 1 aromatic rings. The molecule has 2 fully saturated rings. The lowest BCUT2D eigenvalue weighted by atomic mass is 10.1. The van der Waals surface area contributed by atoms with Crippen LogP contribution in [0.4, 0.5) is 0 Å². The molecule has 1 saturated carbocycles. The number of tetrazole rings is 1. The van der Waals surface area contributed by atoms with E-state index in [2.05, 4.69) is 20.6 Å².